The highest BCUT2D eigenvalue weighted by Gasteiger charge is 2.30. The van der Waals surface area contributed by atoms with Crippen molar-refractivity contribution in [3.05, 3.63) is 68.6 Å². The molecule has 4 aromatic rings. The second-order valence-corrected chi connectivity index (χ2v) is 8.93. The van der Waals surface area contributed by atoms with E-state index in [4.69, 9.17) is 0 Å². The summed E-state index contributed by atoms with van der Waals surface area (Å²) in [7, 11) is 0. The highest BCUT2D eigenvalue weighted by molar-refractivity contribution is 7.14. The monoisotopic (exact) mass is 465 g/mol. The Kier molecular flexibility index (Phi) is 5.39. The first-order valence-electron chi connectivity index (χ1n) is 9.93. The molecule has 3 heterocycles. The number of halogens is 3. The van der Waals surface area contributed by atoms with Crippen molar-refractivity contribution >= 4 is 34.0 Å². The van der Waals surface area contributed by atoms with Crippen LogP contribution in [0.5, 0.6) is 0 Å². The number of aryl methyl sites for hydroxylation is 2. The van der Waals surface area contributed by atoms with E-state index in [0.717, 1.165) is 44.5 Å². The lowest BCUT2D eigenvalue weighted by Gasteiger charge is -2.07. The van der Waals surface area contributed by atoms with E-state index >= 15 is 0 Å². The van der Waals surface area contributed by atoms with Gasteiger partial charge in [0.1, 0.15) is 23.0 Å². The van der Waals surface area contributed by atoms with Gasteiger partial charge in [0.2, 0.25) is 0 Å². The smallest absolute Gasteiger partial charge is 0.337 e. The molecule has 0 aliphatic rings. The number of benzene rings is 1. The van der Waals surface area contributed by atoms with Gasteiger partial charge in [0.05, 0.1) is 27.7 Å². The zero-order valence-corrected chi connectivity index (χ0v) is 19.0. The van der Waals surface area contributed by atoms with Crippen molar-refractivity contribution < 1.29 is 13.2 Å². The first-order valence-corrected chi connectivity index (χ1v) is 10.7. The zero-order chi connectivity index (χ0) is 24.1. The van der Waals surface area contributed by atoms with Crippen molar-refractivity contribution in [3.63, 3.8) is 0 Å². The highest BCUT2D eigenvalue weighted by Crippen LogP contribution is 2.35. The fourth-order valence-electron chi connectivity index (χ4n) is 3.77. The summed E-state index contributed by atoms with van der Waals surface area (Å²) >= 11 is 1.53. The molecule has 0 unspecified atom stereocenters. The lowest BCUT2D eigenvalue weighted by molar-refractivity contribution is -0.137. The van der Waals surface area contributed by atoms with Crippen LogP contribution in [0.15, 0.2) is 24.3 Å². The minimum absolute atomic E-state index is 0.192. The maximum atomic E-state index is 13.0. The standard InChI is InChI=1S/C24H18F3N5S/c1-12-7-16(14(3)32(12)23-19(11-29)13(2)15(4)33-23)8-17(10-28)22-30-20-6-5-18(24(25,26)27)9-21(20)31-22/h5-9H,1-4H3,(H,30,31)/b17-8+. The molecule has 0 fully saturated rings. The van der Waals surface area contributed by atoms with Crippen LogP contribution in [0.25, 0.3) is 27.7 Å². The number of hydrogen-bond acceptors (Lipinski definition) is 4. The summed E-state index contributed by atoms with van der Waals surface area (Å²) < 4.78 is 41.0. The number of nitrogens with one attached hydrogen (secondary N) is 1. The van der Waals surface area contributed by atoms with Crippen LogP contribution in [0.2, 0.25) is 0 Å². The molecular weight excluding hydrogens is 447 g/mol. The Morgan fingerprint density at radius 3 is 2.52 bits per heavy atom. The maximum Gasteiger partial charge on any atom is 0.416 e. The SMILES string of the molecule is Cc1sc(-n2c(C)cc(/C=C(\C#N)c3nc4ccc(C(F)(F)F)cc4[nH]3)c2C)c(C#N)c1C. The number of nitrogens with zero attached hydrogens (tertiary/aromatic N) is 4. The maximum absolute atomic E-state index is 13.0. The molecule has 33 heavy (non-hydrogen) atoms. The van der Waals surface area contributed by atoms with Crippen molar-refractivity contribution in [1.29, 1.82) is 10.5 Å². The number of H-pyrrole nitrogens is 1. The van der Waals surface area contributed by atoms with E-state index in [0.29, 0.717) is 11.1 Å². The quantitative estimate of drug-likeness (QED) is 0.346. The number of imidazole rings is 1. The molecule has 1 aromatic carbocycles. The van der Waals surface area contributed by atoms with E-state index in [-0.39, 0.29) is 16.9 Å². The van der Waals surface area contributed by atoms with Crippen LogP contribution in [-0.4, -0.2) is 14.5 Å². The molecule has 3 aromatic heterocycles. The van der Waals surface area contributed by atoms with Gasteiger partial charge in [-0.05, 0) is 69.2 Å². The van der Waals surface area contributed by atoms with Gasteiger partial charge < -0.3 is 9.55 Å². The topological polar surface area (TPSA) is 81.2 Å². The molecule has 1 N–H and O–H groups in total. The average molecular weight is 466 g/mol. The second kappa shape index (κ2) is 7.95. The van der Waals surface area contributed by atoms with Gasteiger partial charge in [0, 0.05) is 16.3 Å². The summed E-state index contributed by atoms with van der Waals surface area (Å²) in [6, 6.07) is 9.51. The Bertz CT molecular complexity index is 1520. The fraction of sp³-hybridized carbons (Fsp3) is 0.208. The predicted octanol–water partition coefficient (Wildman–Crippen LogP) is 6.60. The van der Waals surface area contributed by atoms with Gasteiger partial charge in [-0.3, -0.25) is 0 Å². The number of hydrogen-bond donors (Lipinski definition) is 1. The van der Waals surface area contributed by atoms with Crippen LogP contribution >= 0.6 is 11.3 Å². The summed E-state index contributed by atoms with van der Waals surface area (Å²) in [6.07, 6.45) is -2.81. The first kappa shape index (κ1) is 22.4. The van der Waals surface area contributed by atoms with Gasteiger partial charge in [-0.1, -0.05) is 0 Å². The molecule has 5 nitrogen and oxygen atoms in total. The highest BCUT2D eigenvalue weighted by atomic mass is 32.1. The lowest BCUT2D eigenvalue weighted by atomic mass is 10.1. The van der Waals surface area contributed by atoms with E-state index in [2.05, 4.69) is 22.1 Å². The first-order chi connectivity index (χ1) is 15.5. The summed E-state index contributed by atoms with van der Waals surface area (Å²) in [5, 5.41) is 20.2. The molecule has 9 heteroatoms. The number of thiophene rings is 1. The molecule has 0 amide bonds. The van der Waals surface area contributed by atoms with Crippen LogP contribution in [0, 0.1) is 50.4 Å². The minimum Gasteiger partial charge on any atom is -0.337 e. The Balaban J connectivity index is 1.81. The molecule has 0 bridgehead atoms. The number of fused-ring (bicyclic) bond motifs is 1. The molecular formula is C24H18F3N5S. The Morgan fingerprint density at radius 2 is 1.88 bits per heavy atom. The predicted molar refractivity (Wildman–Crippen MR) is 122 cm³/mol. The van der Waals surface area contributed by atoms with Crippen LogP contribution < -0.4 is 0 Å². The van der Waals surface area contributed by atoms with E-state index in [1.54, 1.807) is 6.08 Å². The third kappa shape index (κ3) is 3.81. The molecule has 0 spiro atoms. The summed E-state index contributed by atoms with van der Waals surface area (Å²) in [6.45, 7) is 7.71. The lowest BCUT2D eigenvalue weighted by Crippen LogP contribution is -2.04. The van der Waals surface area contributed by atoms with E-state index < -0.39 is 11.7 Å². The minimum atomic E-state index is -4.47. The summed E-state index contributed by atoms with van der Waals surface area (Å²) in [5.41, 5.74) is 4.01. The zero-order valence-electron chi connectivity index (χ0n) is 18.2. The molecule has 166 valence electrons. The van der Waals surface area contributed by atoms with Crippen LogP contribution in [-0.2, 0) is 6.18 Å². The van der Waals surface area contributed by atoms with Gasteiger partial charge in [-0.2, -0.15) is 23.7 Å². The number of allylic oxidation sites excluding steroid dienone is 1. The van der Waals surface area contributed by atoms with Crippen molar-refractivity contribution in [2.45, 2.75) is 33.9 Å². The van der Waals surface area contributed by atoms with Crippen molar-refractivity contribution in [2.24, 2.45) is 0 Å². The number of alkyl halides is 3. The summed E-state index contributed by atoms with van der Waals surface area (Å²) in [5.74, 6) is 0.192. The second-order valence-electron chi connectivity index (χ2n) is 7.72. The Morgan fingerprint density at radius 1 is 1.15 bits per heavy atom. The Labute approximate surface area is 192 Å². The normalized spacial score (nSPS) is 12.2. The van der Waals surface area contributed by atoms with Gasteiger partial charge in [-0.25, -0.2) is 4.98 Å². The molecule has 0 atom stereocenters. The molecule has 0 aliphatic carbocycles. The molecule has 0 radical (unpaired) electrons. The van der Waals surface area contributed by atoms with Gasteiger partial charge in [-0.15, -0.1) is 11.3 Å². The van der Waals surface area contributed by atoms with Gasteiger partial charge in [0.15, 0.2) is 0 Å². The number of nitriles is 2. The molecule has 4 rings (SSSR count). The van der Waals surface area contributed by atoms with Gasteiger partial charge >= 0.3 is 6.18 Å². The third-order valence-electron chi connectivity index (χ3n) is 5.64. The molecule has 0 aliphatic heterocycles. The van der Waals surface area contributed by atoms with E-state index in [9.17, 15) is 23.7 Å². The van der Waals surface area contributed by atoms with Crippen molar-refractivity contribution in [2.75, 3.05) is 0 Å². The summed E-state index contributed by atoms with van der Waals surface area (Å²) in [4.78, 5) is 8.19. The Hall–Kier alpha value is -3.82. The molecule has 0 saturated carbocycles. The number of rotatable bonds is 3. The van der Waals surface area contributed by atoms with Gasteiger partial charge in [0.25, 0.3) is 0 Å². The molecule has 0 saturated heterocycles. The van der Waals surface area contributed by atoms with E-state index in [1.807, 2.05) is 38.3 Å². The van der Waals surface area contributed by atoms with Crippen molar-refractivity contribution in [3.8, 4) is 17.1 Å². The number of aromatic amines is 1. The van der Waals surface area contributed by atoms with Crippen LogP contribution in [0.3, 0.4) is 0 Å². The van der Waals surface area contributed by atoms with Crippen LogP contribution in [0.4, 0.5) is 13.2 Å². The van der Waals surface area contributed by atoms with Crippen molar-refractivity contribution in [1.82, 2.24) is 14.5 Å². The largest absolute Gasteiger partial charge is 0.416 e. The fourth-order valence-corrected chi connectivity index (χ4v) is 4.99. The average Bonchev–Trinajstić information content (AvgIpc) is 3.38. The van der Waals surface area contributed by atoms with E-state index in [1.165, 1.54) is 17.4 Å². The third-order valence-corrected chi connectivity index (χ3v) is 6.83. The van der Waals surface area contributed by atoms with Crippen LogP contribution in [0.1, 0.15) is 44.3 Å². The number of aromatic nitrogens is 3.